The number of fused-ring (bicyclic) bond motifs is 1. The largest absolute Gasteiger partial charge is 0.493 e. The van der Waals surface area contributed by atoms with Crippen molar-refractivity contribution in [2.75, 3.05) is 6.61 Å². The molecule has 1 heterocycles. The average molecular weight is 415 g/mol. The maximum atomic E-state index is 6.04. The van der Waals surface area contributed by atoms with Crippen molar-refractivity contribution in [1.82, 2.24) is 9.55 Å². The molecule has 0 N–H and O–H groups in total. The van der Waals surface area contributed by atoms with E-state index < -0.39 is 0 Å². The Morgan fingerprint density at radius 3 is 2.52 bits per heavy atom. The average Bonchev–Trinajstić information content (AvgIpc) is 3.12. The summed E-state index contributed by atoms with van der Waals surface area (Å²) in [7, 11) is 0. The van der Waals surface area contributed by atoms with Gasteiger partial charge in [-0.3, -0.25) is 0 Å². The summed E-state index contributed by atoms with van der Waals surface area (Å²) in [6, 6.07) is 22.8. The van der Waals surface area contributed by atoms with Gasteiger partial charge in [0.15, 0.2) is 0 Å². The molecule has 0 aliphatic carbocycles. The molecule has 3 aromatic carbocycles. The van der Waals surface area contributed by atoms with Crippen LogP contribution in [0.2, 0.25) is 0 Å². The molecule has 0 amide bonds. The molecule has 4 nitrogen and oxygen atoms in total. The van der Waals surface area contributed by atoms with Gasteiger partial charge >= 0.3 is 0 Å². The first-order valence-electron chi connectivity index (χ1n) is 10.9. The van der Waals surface area contributed by atoms with Gasteiger partial charge < -0.3 is 14.0 Å². The molecule has 0 aliphatic rings. The van der Waals surface area contributed by atoms with Gasteiger partial charge in [0.05, 0.1) is 17.6 Å². The second-order valence-corrected chi connectivity index (χ2v) is 8.10. The van der Waals surface area contributed by atoms with Crippen LogP contribution in [0, 0.1) is 20.8 Å². The van der Waals surface area contributed by atoms with Gasteiger partial charge in [0.25, 0.3) is 0 Å². The summed E-state index contributed by atoms with van der Waals surface area (Å²) < 4.78 is 14.3. The lowest BCUT2D eigenvalue weighted by molar-refractivity contribution is 0.284. The van der Waals surface area contributed by atoms with Crippen molar-refractivity contribution in [2.45, 2.75) is 46.8 Å². The van der Waals surface area contributed by atoms with E-state index in [1.54, 1.807) is 0 Å². The Kier molecular flexibility index (Phi) is 6.56. The summed E-state index contributed by atoms with van der Waals surface area (Å²) >= 11 is 0. The van der Waals surface area contributed by atoms with Crippen LogP contribution >= 0.6 is 0 Å². The summed E-state index contributed by atoms with van der Waals surface area (Å²) in [5, 5.41) is 0. The van der Waals surface area contributed by atoms with E-state index in [0.29, 0.717) is 13.2 Å². The van der Waals surface area contributed by atoms with E-state index in [9.17, 15) is 0 Å². The number of benzene rings is 3. The van der Waals surface area contributed by atoms with Crippen LogP contribution in [-0.4, -0.2) is 16.2 Å². The smallest absolute Gasteiger partial charge is 0.147 e. The normalized spacial score (nSPS) is 11.1. The topological polar surface area (TPSA) is 36.3 Å². The van der Waals surface area contributed by atoms with Gasteiger partial charge in [0.1, 0.15) is 23.9 Å². The van der Waals surface area contributed by atoms with Crippen LogP contribution in [0.25, 0.3) is 11.0 Å². The van der Waals surface area contributed by atoms with Crippen molar-refractivity contribution in [2.24, 2.45) is 0 Å². The number of hydrogen-bond donors (Lipinski definition) is 0. The highest BCUT2D eigenvalue weighted by atomic mass is 16.5. The van der Waals surface area contributed by atoms with Gasteiger partial charge in [-0.2, -0.15) is 0 Å². The molecule has 4 aromatic rings. The number of unbranched alkanes of at least 4 members (excludes halogenated alkanes) is 1. The zero-order valence-corrected chi connectivity index (χ0v) is 18.6. The first kappa shape index (κ1) is 21.0. The SMILES string of the molecule is Cc1cccc(OCc2nc3ccccc3n2CCCCOc2cc(C)ccc2C)c1. The highest BCUT2D eigenvalue weighted by Crippen LogP contribution is 2.21. The summed E-state index contributed by atoms with van der Waals surface area (Å²) in [5.41, 5.74) is 5.76. The standard InChI is InChI=1S/C27H30N2O2/c1-20-9-8-10-23(17-20)31-19-27-28-24-11-4-5-12-25(24)29(27)15-6-7-16-30-26-18-21(2)13-14-22(26)3/h4-5,8-14,17-18H,6-7,15-16,19H2,1-3H3. The Hall–Kier alpha value is -3.27. The minimum atomic E-state index is 0.455. The van der Waals surface area contributed by atoms with Crippen LogP contribution in [0.5, 0.6) is 11.5 Å². The minimum absolute atomic E-state index is 0.455. The van der Waals surface area contributed by atoms with Crippen LogP contribution in [0.15, 0.2) is 66.7 Å². The second kappa shape index (κ2) is 9.69. The lowest BCUT2D eigenvalue weighted by Gasteiger charge is -2.12. The van der Waals surface area contributed by atoms with Crippen molar-refractivity contribution in [3.63, 3.8) is 0 Å². The fraction of sp³-hybridized carbons (Fsp3) is 0.296. The molecule has 0 fully saturated rings. The molecule has 0 radical (unpaired) electrons. The highest BCUT2D eigenvalue weighted by Gasteiger charge is 2.11. The van der Waals surface area contributed by atoms with Crippen LogP contribution < -0.4 is 9.47 Å². The monoisotopic (exact) mass is 414 g/mol. The number of aromatic nitrogens is 2. The number of hydrogen-bond acceptors (Lipinski definition) is 3. The first-order chi connectivity index (χ1) is 15.1. The molecule has 0 unspecified atom stereocenters. The molecule has 0 saturated carbocycles. The zero-order valence-electron chi connectivity index (χ0n) is 18.6. The minimum Gasteiger partial charge on any atom is -0.493 e. The van der Waals surface area contributed by atoms with Gasteiger partial charge in [-0.05, 0) is 80.6 Å². The van der Waals surface area contributed by atoms with E-state index >= 15 is 0 Å². The van der Waals surface area contributed by atoms with Crippen molar-refractivity contribution >= 4 is 11.0 Å². The molecule has 0 bridgehead atoms. The summed E-state index contributed by atoms with van der Waals surface area (Å²) in [6.07, 6.45) is 2.00. The lowest BCUT2D eigenvalue weighted by atomic mass is 10.1. The van der Waals surface area contributed by atoms with Crippen molar-refractivity contribution in [3.05, 3.63) is 89.2 Å². The van der Waals surface area contributed by atoms with Crippen LogP contribution in [0.4, 0.5) is 0 Å². The summed E-state index contributed by atoms with van der Waals surface area (Å²) in [6.45, 7) is 8.32. The Morgan fingerprint density at radius 2 is 1.65 bits per heavy atom. The van der Waals surface area contributed by atoms with Gasteiger partial charge in [-0.1, -0.05) is 36.4 Å². The first-order valence-corrected chi connectivity index (χ1v) is 10.9. The van der Waals surface area contributed by atoms with Crippen molar-refractivity contribution in [3.8, 4) is 11.5 Å². The van der Waals surface area contributed by atoms with Gasteiger partial charge in [-0.15, -0.1) is 0 Å². The number of para-hydroxylation sites is 2. The Labute approximate surface area is 184 Å². The van der Waals surface area contributed by atoms with Crippen LogP contribution in [-0.2, 0) is 13.2 Å². The number of imidazole rings is 1. The molecule has 4 heteroatoms. The third kappa shape index (κ3) is 5.26. The molecule has 1 aromatic heterocycles. The van der Waals surface area contributed by atoms with Crippen molar-refractivity contribution in [1.29, 1.82) is 0 Å². The number of aryl methyl sites for hydroxylation is 4. The highest BCUT2D eigenvalue weighted by molar-refractivity contribution is 5.75. The van der Waals surface area contributed by atoms with E-state index in [0.717, 1.165) is 47.7 Å². The lowest BCUT2D eigenvalue weighted by Crippen LogP contribution is -2.09. The van der Waals surface area contributed by atoms with E-state index in [1.165, 1.54) is 16.7 Å². The Morgan fingerprint density at radius 1 is 0.806 bits per heavy atom. The quantitative estimate of drug-likeness (QED) is 0.297. The predicted molar refractivity (Wildman–Crippen MR) is 126 cm³/mol. The zero-order chi connectivity index (χ0) is 21.6. The van der Waals surface area contributed by atoms with Crippen LogP contribution in [0.1, 0.15) is 35.4 Å². The second-order valence-electron chi connectivity index (χ2n) is 8.10. The van der Waals surface area contributed by atoms with Crippen LogP contribution in [0.3, 0.4) is 0 Å². The molecule has 160 valence electrons. The molecule has 0 spiro atoms. The number of ether oxygens (including phenoxy) is 2. The Balaban J connectivity index is 1.39. The fourth-order valence-electron chi connectivity index (χ4n) is 3.76. The molecule has 0 atom stereocenters. The van der Waals surface area contributed by atoms with Gasteiger partial charge in [-0.25, -0.2) is 4.98 Å². The Bertz CT molecular complexity index is 1160. The third-order valence-electron chi connectivity index (χ3n) is 5.47. The number of nitrogens with zero attached hydrogens (tertiary/aromatic N) is 2. The molecule has 4 rings (SSSR count). The van der Waals surface area contributed by atoms with E-state index in [1.807, 2.05) is 18.2 Å². The van der Waals surface area contributed by atoms with Crippen molar-refractivity contribution < 1.29 is 9.47 Å². The maximum Gasteiger partial charge on any atom is 0.147 e. The molecular formula is C27H30N2O2. The molecule has 31 heavy (non-hydrogen) atoms. The van der Waals surface area contributed by atoms with E-state index in [2.05, 4.69) is 73.9 Å². The molecular weight excluding hydrogens is 384 g/mol. The maximum absolute atomic E-state index is 6.04. The molecule has 0 aliphatic heterocycles. The number of rotatable bonds is 9. The van der Waals surface area contributed by atoms with Gasteiger partial charge in [0.2, 0.25) is 0 Å². The van der Waals surface area contributed by atoms with E-state index in [-0.39, 0.29) is 0 Å². The summed E-state index contributed by atoms with van der Waals surface area (Å²) in [5.74, 6) is 2.82. The third-order valence-corrected chi connectivity index (χ3v) is 5.47. The van der Waals surface area contributed by atoms with E-state index in [4.69, 9.17) is 14.5 Å². The predicted octanol–water partition coefficient (Wildman–Crippen LogP) is 6.40. The molecule has 0 saturated heterocycles. The fourth-order valence-corrected chi connectivity index (χ4v) is 3.76. The van der Waals surface area contributed by atoms with Gasteiger partial charge in [0, 0.05) is 6.54 Å². The summed E-state index contributed by atoms with van der Waals surface area (Å²) in [4.78, 5) is 4.82.